The van der Waals surface area contributed by atoms with E-state index in [1.54, 1.807) is 0 Å². The Hall–Kier alpha value is -1.85. The van der Waals surface area contributed by atoms with E-state index in [2.05, 4.69) is 26.0 Å². The standard InChI is InChI=1S/C28H50O6/c1-3-5-7-16-19-25(34-28(32)21-15-6-4-2)20-17-13-11-9-8-10-12-14-18-24-33-27(31)23-22-26(29)30/h13,17,25H,3-12,14-16,18-24H2,1-2H3,(H,29,30)/b17-13-. The van der Waals surface area contributed by atoms with E-state index in [4.69, 9.17) is 14.6 Å². The molecule has 0 bridgehead atoms. The van der Waals surface area contributed by atoms with Crippen molar-refractivity contribution in [3.05, 3.63) is 12.2 Å². The van der Waals surface area contributed by atoms with Crippen molar-refractivity contribution in [2.24, 2.45) is 0 Å². The lowest BCUT2D eigenvalue weighted by molar-refractivity contribution is -0.149. The molecule has 0 saturated carbocycles. The van der Waals surface area contributed by atoms with Crippen LogP contribution in [0.2, 0.25) is 0 Å². The maximum Gasteiger partial charge on any atom is 0.306 e. The Morgan fingerprint density at radius 2 is 1.35 bits per heavy atom. The number of carbonyl (C=O) groups excluding carboxylic acids is 2. The van der Waals surface area contributed by atoms with E-state index in [-0.39, 0.29) is 24.9 Å². The lowest BCUT2D eigenvalue weighted by Gasteiger charge is -2.16. The predicted molar refractivity (Wildman–Crippen MR) is 137 cm³/mol. The first-order valence-corrected chi connectivity index (χ1v) is 13.7. The molecule has 0 aliphatic heterocycles. The van der Waals surface area contributed by atoms with Crippen molar-refractivity contribution < 1.29 is 29.0 Å². The summed E-state index contributed by atoms with van der Waals surface area (Å²) in [5.41, 5.74) is 0. The molecule has 198 valence electrons. The molecular formula is C28H50O6. The Morgan fingerprint density at radius 3 is 2.06 bits per heavy atom. The summed E-state index contributed by atoms with van der Waals surface area (Å²) in [5.74, 6) is -1.45. The third-order valence-corrected chi connectivity index (χ3v) is 5.80. The fraction of sp³-hybridized carbons (Fsp3) is 0.821. The third kappa shape index (κ3) is 23.3. The Labute approximate surface area is 207 Å². The number of allylic oxidation sites excluding steroid dienone is 1. The first-order chi connectivity index (χ1) is 16.5. The fourth-order valence-electron chi connectivity index (χ4n) is 3.69. The van der Waals surface area contributed by atoms with Crippen molar-refractivity contribution in [2.45, 2.75) is 142 Å². The van der Waals surface area contributed by atoms with Crippen molar-refractivity contribution in [3.63, 3.8) is 0 Å². The number of rotatable bonds is 24. The molecule has 0 aliphatic carbocycles. The summed E-state index contributed by atoms with van der Waals surface area (Å²) in [5, 5.41) is 8.53. The Bertz CT molecular complexity index is 543. The van der Waals surface area contributed by atoms with Gasteiger partial charge in [-0.2, -0.15) is 0 Å². The van der Waals surface area contributed by atoms with Gasteiger partial charge in [-0.15, -0.1) is 0 Å². The van der Waals surface area contributed by atoms with Crippen LogP contribution in [0.3, 0.4) is 0 Å². The molecule has 0 aromatic heterocycles. The molecule has 0 amide bonds. The van der Waals surface area contributed by atoms with Crippen LogP contribution in [-0.2, 0) is 23.9 Å². The van der Waals surface area contributed by atoms with E-state index < -0.39 is 11.9 Å². The van der Waals surface area contributed by atoms with E-state index in [1.807, 2.05) is 0 Å². The minimum absolute atomic E-state index is 0.0143. The quantitative estimate of drug-likeness (QED) is 0.0868. The SMILES string of the molecule is CCCCCCC(C/C=C\CCCCCCCCOC(=O)CCC(=O)O)OC(=O)CCCCC. The van der Waals surface area contributed by atoms with Gasteiger partial charge in [0.05, 0.1) is 19.4 Å². The summed E-state index contributed by atoms with van der Waals surface area (Å²) in [4.78, 5) is 33.8. The van der Waals surface area contributed by atoms with Gasteiger partial charge in [-0.1, -0.05) is 83.8 Å². The van der Waals surface area contributed by atoms with Crippen molar-refractivity contribution in [1.82, 2.24) is 0 Å². The number of hydrogen-bond donors (Lipinski definition) is 1. The predicted octanol–water partition coefficient (Wildman–Crippen LogP) is 7.53. The van der Waals surface area contributed by atoms with Crippen LogP contribution in [0.25, 0.3) is 0 Å². The van der Waals surface area contributed by atoms with Crippen LogP contribution in [0.1, 0.15) is 136 Å². The molecule has 1 unspecified atom stereocenters. The maximum absolute atomic E-state index is 12.1. The Balaban J connectivity index is 3.84. The number of carbonyl (C=O) groups is 3. The van der Waals surface area contributed by atoms with E-state index in [0.717, 1.165) is 77.0 Å². The first kappa shape index (κ1) is 32.1. The number of aliphatic carboxylic acids is 1. The minimum atomic E-state index is -0.977. The molecule has 0 aromatic rings. The molecule has 0 rings (SSSR count). The highest BCUT2D eigenvalue weighted by molar-refractivity contribution is 5.76. The van der Waals surface area contributed by atoms with Crippen LogP contribution < -0.4 is 0 Å². The third-order valence-electron chi connectivity index (χ3n) is 5.80. The highest BCUT2D eigenvalue weighted by Crippen LogP contribution is 2.15. The molecule has 0 radical (unpaired) electrons. The second-order valence-corrected chi connectivity index (χ2v) is 9.15. The second-order valence-electron chi connectivity index (χ2n) is 9.15. The molecule has 34 heavy (non-hydrogen) atoms. The molecule has 1 atom stereocenters. The molecule has 0 heterocycles. The molecule has 0 aromatic carbocycles. The summed E-state index contributed by atoms with van der Waals surface area (Å²) >= 11 is 0. The topological polar surface area (TPSA) is 89.9 Å². The number of ether oxygens (including phenoxy) is 2. The fourth-order valence-corrected chi connectivity index (χ4v) is 3.69. The van der Waals surface area contributed by atoms with Gasteiger partial charge in [0.15, 0.2) is 0 Å². The summed E-state index contributed by atoms with van der Waals surface area (Å²) in [6.07, 6.45) is 21.9. The van der Waals surface area contributed by atoms with Crippen LogP contribution in [-0.4, -0.2) is 35.7 Å². The average molecular weight is 483 g/mol. The molecule has 0 spiro atoms. The number of carboxylic acids is 1. The molecule has 6 heteroatoms. The van der Waals surface area contributed by atoms with E-state index in [9.17, 15) is 14.4 Å². The normalized spacial score (nSPS) is 12.1. The van der Waals surface area contributed by atoms with Crippen LogP contribution in [0.4, 0.5) is 0 Å². The van der Waals surface area contributed by atoms with Crippen LogP contribution in [0.5, 0.6) is 0 Å². The van der Waals surface area contributed by atoms with Crippen molar-refractivity contribution >= 4 is 17.9 Å². The van der Waals surface area contributed by atoms with E-state index in [0.29, 0.717) is 13.0 Å². The molecule has 0 aliphatic rings. The largest absolute Gasteiger partial charge is 0.481 e. The number of unbranched alkanes of at least 4 members (excludes halogenated alkanes) is 11. The van der Waals surface area contributed by atoms with Gasteiger partial charge in [0.25, 0.3) is 0 Å². The summed E-state index contributed by atoms with van der Waals surface area (Å²) in [6, 6.07) is 0. The summed E-state index contributed by atoms with van der Waals surface area (Å²) < 4.78 is 10.8. The maximum atomic E-state index is 12.1. The molecule has 0 fully saturated rings. The average Bonchev–Trinajstić information content (AvgIpc) is 2.81. The lowest BCUT2D eigenvalue weighted by atomic mass is 10.1. The van der Waals surface area contributed by atoms with Gasteiger partial charge in [-0.3, -0.25) is 14.4 Å². The number of hydrogen-bond acceptors (Lipinski definition) is 5. The van der Waals surface area contributed by atoms with E-state index >= 15 is 0 Å². The van der Waals surface area contributed by atoms with Gasteiger partial charge in [-0.25, -0.2) is 0 Å². The zero-order chi connectivity index (χ0) is 25.3. The van der Waals surface area contributed by atoms with Crippen molar-refractivity contribution in [2.75, 3.05) is 6.61 Å². The van der Waals surface area contributed by atoms with Crippen molar-refractivity contribution in [3.8, 4) is 0 Å². The van der Waals surface area contributed by atoms with E-state index in [1.165, 1.54) is 25.7 Å². The Kier molecular flexibility index (Phi) is 23.0. The molecule has 0 saturated heterocycles. The summed E-state index contributed by atoms with van der Waals surface area (Å²) in [7, 11) is 0. The van der Waals surface area contributed by atoms with Gasteiger partial charge >= 0.3 is 17.9 Å². The smallest absolute Gasteiger partial charge is 0.306 e. The highest BCUT2D eigenvalue weighted by atomic mass is 16.5. The first-order valence-electron chi connectivity index (χ1n) is 13.7. The monoisotopic (exact) mass is 482 g/mol. The van der Waals surface area contributed by atoms with Gasteiger partial charge in [0.1, 0.15) is 6.10 Å². The zero-order valence-corrected chi connectivity index (χ0v) is 21.9. The van der Waals surface area contributed by atoms with Gasteiger partial charge in [0.2, 0.25) is 0 Å². The zero-order valence-electron chi connectivity index (χ0n) is 21.9. The molecule has 1 N–H and O–H groups in total. The number of esters is 2. The van der Waals surface area contributed by atoms with Gasteiger partial charge in [-0.05, 0) is 38.5 Å². The number of carboxylic acid groups (broad SMARTS) is 1. The minimum Gasteiger partial charge on any atom is -0.481 e. The Morgan fingerprint density at radius 1 is 0.706 bits per heavy atom. The van der Waals surface area contributed by atoms with Crippen LogP contribution in [0, 0.1) is 0 Å². The van der Waals surface area contributed by atoms with Crippen molar-refractivity contribution in [1.29, 1.82) is 0 Å². The second kappa shape index (κ2) is 24.3. The molecular weight excluding hydrogens is 432 g/mol. The van der Waals surface area contributed by atoms with Crippen LogP contribution >= 0.6 is 0 Å². The van der Waals surface area contributed by atoms with Gasteiger partial charge in [0, 0.05) is 12.8 Å². The highest BCUT2D eigenvalue weighted by Gasteiger charge is 2.13. The lowest BCUT2D eigenvalue weighted by Crippen LogP contribution is -2.17. The van der Waals surface area contributed by atoms with Gasteiger partial charge < -0.3 is 14.6 Å². The van der Waals surface area contributed by atoms with Crippen LogP contribution in [0.15, 0.2) is 12.2 Å². The summed E-state index contributed by atoms with van der Waals surface area (Å²) in [6.45, 7) is 4.72. The molecule has 6 nitrogen and oxygen atoms in total.